The molecule has 4 aromatic rings. The van der Waals surface area contributed by atoms with Crippen LogP contribution in [0.4, 0.5) is 10.8 Å². The van der Waals surface area contributed by atoms with E-state index in [1.807, 2.05) is 79.7 Å². The van der Waals surface area contributed by atoms with Gasteiger partial charge in [0.15, 0.2) is 17.4 Å². The zero-order chi connectivity index (χ0) is 22.3. The topological polar surface area (TPSA) is 71.5 Å². The number of carbonyl (C=O) groups is 2. The Bertz CT molecular complexity index is 1220. The van der Waals surface area contributed by atoms with Crippen molar-refractivity contribution in [1.82, 2.24) is 4.98 Å². The number of esters is 1. The largest absolute Gasteiger partial charge is 0.451 e. The van der Waals surface area contributed by atoms with Crippen LogP contribution in [0.15, 0.2) is 78.2 Å². The van der Waals surface area contributed by atoms with E-state index in [1.54, 1.807) is 10.3 Å². The average molecular weight is 446 g/mol. The molecule has 0 saturated carbocycles. The zero-order valence-corrected chi connectivity index (χ0v) is 18.5. The van der Waals surface area contributed by atoms with Gasteiger partial charge in [0.05, 0.1) is 5.69 Å². The van der Waals surface area contributed by atoms with Gasteiger partial charge in [-0.3, -0.25) is 4.79 Å². The second-order valence-electron chi connectivity index (χ2n) is 7.09. The van der Waals surface area contributed by atoms with Gasteiger partial charge in [0.25, 0.3) is 5.91 Å². The van der Waals surface area contributed by atoms with Gasteiger partial charge in [0.1, 0.15) is 0 Å². The van der Waals surface area contributed by atoms with Gasteiger partial charge in [0.2, 0.25) is 0 Å². The van der Waals surface area contributed by atoms with Crippen LogP contribution in [0.5, 0.6) is 0 Å². The van der Waals surface area contributed by atoms with E-state index in [0.717, 1.165) is 22.0 Å². The number of likely N-dealkylation sites (N-methyl/N-ethyl adjacent to an activating group) is 1. The number of benzene rings is 3. The van der Waals surface area contributed by atoms with Gasteiger partial charge in [-0.1, -0.05) is 66.7 Å². The number of amides is 1. The van der Waals surface area contributed by atoms with Crippen LogP contribution in [-0.4, -0.2) is 30.0 Å². The van der Waals surface area contributed by atoms with Gasteiger partial charge in [-0.2, -0.15) is 0 Å². The van der Waals surface area contributed by atoms with Gasteiger partial charge in [-0.05, 0) is 23.9 Å². The van der Waals surface area contributed by atoms with Crippen LogP contribution in [-0.2, 0) is 16.1 Å². The molecule has 1 amide bonds. The van der Waals surface area contributed by atoms with Crippen LogP contribution in [0.2, 0.25) is 0 Å². The third kappa shape index (κ3) is 4.95. The predicted octanol–water partition coefficient (Wildman–Crippen LogP) is 5.12. The average Bonchev–Trinajstić information content (AvgIpc) is 3.32. The maximum absolute atomic E-state index is 12.8. The minimum Gasteiger partial charge on any atom is -0.451 e. The summed E-state index contributed by atoms with van der Waals surface area (Å²) in [6.07, 6.45) is 0. The Labute approximate surface area is 190 Å². The molecule has 0 atom stereocenters. The van der Waals surface area contributed by atoms with Crippen molar-refractivity contribution in [1.29, 1.82) is 0 Å². The molecule has 0 radical (unpaired) electrons. The summed E-state index contributed by atoms with van der Waals surface area (Å²) in [5, 5.41) is 7.47. The molecule has 4 rings (SSSR count). The fourth-order valence-electron chi connectivity index (χ4n) is 3.43. The quantitative estimate of drug-likeness (QED) is 0.381. The number of carbonyl (C=O) groups excluding carboxylic acids is 2. The van der Waals surface area contributed by atoms with Gasteiger partial charge in [-0.25, -0.2) is 9.78 Å². The van der Waals surface area contributed by atoms with Crippen molar-refractivity contribution < 1.29 is 14.3 Å². The summed E-state index contributed by atoms with van der Waals surface area (Å²) in [5.41, 5.74) is 2.10. The van der Waals surface area contributed by atoms with Crippen molar-refractivity contribution in [2.24, 2.45) is 0 Å². The molecule has 0 aliphatic heterocycles. The van der Waals surface area contributed by atoms with Crippen molar-refractivity contribution in [3.8, 4) is 0 Å². The molecule has 1 N–H and O–H groups in total. The van der Waals surface area contributed by atoms with Crippen LogP contribution < -0.4 is 10.2 Å². The van der Waals surface area contributed by atoms with Crippen LogP contribution in [0, 0.1) is 0 Å². The fourth-order valence-corrected chi connectivity index (χ4v) is 4.10. The molecule has 162 valence electrons. The van der Waals surface area contributed by atoms with E-state index >= 15 is 0 Å². The van der Waals surface area contributed by atoms with Crippen LogP contribution >= 0.6 is 11.3 Å². The molecule has 1 aromatic heterocycles. The molecule has 0 bridgehead atoms. The molecule has 7 heteroatoms. The molecule has 0 unspecified atom stereocenters. The van der Waals surface area contributed by atoms with E-state index in [9.17, 15) is 9.59 Å². The molecule has 0 saturated heterocycles. The highest BCUT2D eigenvalue weighted by Crippen LogP contribution is 2.27. The number of nitrogens with one attached hydrogen (secondary N) is 1. The summed E-state index contributed by atoms with van der Waals surface area (Å²) >= 11 is 1.32. The standard InChI is InChI=1S/C25H23N3O3S/c1-2-28(22-14-8-12-19-11-6-7-13-20(19)22)23(29)16-31-24(30)21-17-32-25(27-21)26-15-18-9-4-3-5-10-18/h3-14,17H,2,15-16H2,1H3,(H,26,27). The molecule has 1 heterocycles. The van der Waals surface area contributed by atoms with E-state index < -0.39 is 5.97 Å². The highest BCUT2D eigenvalue weighted by atomic mass is 32.1. The lowest BCUT2D eigenvalue weighted by Gasteiger charge is -2.22. The monoisotopic (exact) mass is 445 g/mol. The first-order chi connectivity index (χ1) is 15.7. The lowest BCUT2D eigenvalue weighted by atomic mass is 10.1. The number of anilines is 2. The second-order valence-corrected chi connectivity index (χ2v) is 7.95. The lowest BCUT2D eigenvalue weighted by molar-refractivity contribution is -0.121. The van der Waals surface area contributed by atoms with E-state index in [1.165, 1.54) is 11.3 Å². The summed E-state index contributed by atoms with van der Waals surface area (Å²) in [5.74, 6) is -0.897. The molecule has 32 heavy (non-hydrogen) atoms. The number of ether oxygens (including phenoxy) is 1. The highest BCUT2D eigenvalue weighted by molar-refractivity contribution is 7.13. The summed E-state index contributed by atoms with van der Waals surface area (Å²) in [6, 6.07) is 23.6. The van der Waals surface area contributed by atoms with Crippen molar-refractivity contribution in [2.75, 3.05) is 23.4 Å². The third-order valence-corrected chi connectivity index (χ3v) is 5.80. The number of hydrogen-bond acceptors (Lipinski definition) is 6. The van der Waals surface area contributed by atoms with Crippen LogP contribution in [0.1, 0.15) is 23.0 Å². The maximum Gasteiger partial charge on any atom is 0.358 e. The van der Waals surface area contributed by atoms with Gasteiger partial charge < -0.3 is 15.0 Å². The molecular weight excluding hydrogens is 422 g/mol. The van der Waals surface area contributed by atoms with E-state index in [4.69, 9.17) is 4.74 Å². The Morgan fingerprint density at radius 2 is 1.75 bits per heavy atom. The van der Waals surface area contributed by atoms with Crippen LogP contribution in [0.25, 0.3) is 10.8 Å². The van der Waals surface area contributed by atoms with Crippen molar-refractivity contribution in [3.05, 3.63) is 89.4 Å². The highest BCUT2D eigenvalue weighted by Gasteiger charge is 2.20. The van der Waals surface area contributed by atoms with E-state index in [-0.39, 0.29) is 18.2 Å². The Hall–Kier alpha value is -3.71. The Balaban J connectivity index is 1.37. The smallest absolute Gasteiger partial charge is 0.358 e. The number of rotatable bonds is 8. The lowest BCUT2D eigenvalue weighted by Crippen LogP contribution is -2.34. The molecule has 0 aliphatic rings. The first-order valence-corrected chi connectivity index (χ1v) is 11.2. The summed E-state index contributed by atoms with van der Waals surface area (Å²) < 4.78 is 5.27. The van der Waals surface area contributed by atoms with Gasteiger partial charge in [-0.15, -0.1) is 11.3 Å². The molecule has 0 spiro atoms. The zero-order valence-electron chi connectivity index (χ0n) is 17.7. The Morgan fingerprint density at radius 3 is 2.56 bits per heavy atom. The minimum atomic E-state index is -0.615. The van der Waals surface area contributed by atoms with Gasteiger partial charge in [0, 0.05) is 23.9 Å². The number of nitrogens with zero attached hydrogens (tertiary/aromatic N) is 2. The minimum absolute atomic E-state index is 0.187. The molecule has 0 fully saturated rings. The van der Waals surface area contributed by atoms with Crippen molar-refractivity contribution in [2.45, 2.75) is 13.5 Å². The summed E-state index contributed by atoms with van der Waals surface area (Å²) in [4.78, 5) is 31.2. The van der Waals surface area contributed by atoms with Crippen molar-refractivity contribution >= 4 is 44.8 Å². The first-order valence-electron chi connectivity index (χ1n) is 10.3. The normalized spacial score (nSPS) is 10.7. The van der Waals surface area contributed by atoms with Gasteiger partial charge >= 0.3 is 5.97 Å². The van der Waals surface area contributed by atoms with E-state index in [2.05, 4.69) is 10.3 Å². The Kier molecular flexibility index (Phi) is 6.77. The third-order valence-electron chi connectivity index (χ3n) is 5.00. The fraction of sp³-hybridized carbons (Fsp3) is 0.160. The molecule has 0 aliphatic carbocycles. The summed E-state index contributed by atoms with van der Waals surface area (Å²) in [6.45, 7) is 2.62. The first kappa shape index (κ1) is 21.5. The number of hydrogen-bond donors (Lipinski definition) is 1. The molecule has 3 aromatic carbocycles. The number of fused-ring (bicyclic) bond motifs is 1. The second kappa shape index (κ2) is 10.1. The SMILES string of the molecule is CCN(C(=O)COC(=O)c1csc(NCc2ccccc2)n1)c1cccc2ccccc12. The number of thiazole rings is 1. The number of aromatic nitrogens is 1. The molecular formula is C25H23N3O3S. The van der Waals surface area contributed by atoms with E-state index in [0.29, 0.717) is 18.2 Å². The van der Waals surface area contributed by atoms with Crippen molar-refractivity contribution in [3.63, 3.8) is 0 Å². The maximum atomic E-state index is 12.8. The summed E-state index contributed by atoms with van der Waals surface area (Å²) in [7, 11) is 0. The predicted molar refractivity (Wildman–Crippen MR) is 128 cm³/mol. The molecule has 6 nitrogen and oxygen atoms in total. The van der Waals surface area contributed by atoms with Crippen LogP contribution in [0.3, 0.4) is 0 Å². The Morgan fingerprint density at radius 1 is 1.00 bits per heavy atom.